The van der Waals surface area contributed by atoms with Crippen LogP contribution in [0, 0.1) is 0 Å². The van der Waals surface area contributed by atoms with Crippen LogP contribution < -0.4 is 4.35 Å². The fraction of sp³-hybridized carbons (Fsp3) is 0.250. The van der Waals surface area contributed by atoms with Crippen LogP contribution in [0.15, 0.2) is 30.3 Å². The molecule has 1 atom stereocenters. The normalized spacial score (nSPS) is 15.5. The number of halogens is 1. The predicted octanol–water partition coefficient (Wildman–Crippen LogP) is 1.69. The van der Waals surface area contributed by atoms with Crippen molar-refractivity contribution in [1.29, 1.82) is 0 Å². The number of rotatable bonds is 3. The first-order valence-electron chi connectivity index (χ1n) is 3.66. The van der Waals surface area contributed by atoms with Crippen molar-refractivity contribution in [3.05, 3.63) is 30.3 Å². The summed E-state index contributed by atoms with van der Waals surface area (Å²) in [6.45, 7) is 2.30. The van der Waals surface area contributed by atoms with Crippen LogP contribution in [0.5, 0.6) is 0 Å². The van der Waals surface area contributed by atoms with Crippen LogP contribution in [-0.4, -0.2) is 18.6 Å². The van der Waals surface area contributed by atoms with E-state index in [9.17, 15) is 3.74 Å². The van der Waals surface area contributed by atoms with Crippen LogP contribution in [-0.2, 0) is 7.47 Å². The number of hydrogen-bond donors (Lipinski definition) is 0. The summed E-state index contributed by atoms with van der Waals surface area (Å²) < 4.78 is 17.7. The van der Waals surface area contributed by atoms with E-state index in [1.165, 1.54) is 0 Å². The van der Waals surface area contributed by atoms with E-state index < -0.39 is 12.0 Å². The van der Waals surface area contributed by atoms with Crippen molar-refractivity contribution < 1.29 is 7.47 Å². The van der Waals surface area contributed by atoms with Crippen molar-refractivity contribution >= 4 is 30.3 Å². The van der Waals surface area contributed by atoms with Gasteiger partial charge in [0.2, 0.25) is 0 Å². The summed E-state index contributed by atoms with van der Waals surface area (Å²) in [5.74, 6) is 0. The van der Waals surface area contributed by atoms with E-state index in [1.54, 1.807) is 0 Å². The molecule has 66 valence electrons. The first-order chi connectivity index (χ1) is 5.67. The molecular weight excluding hydrogens is 283 g/mol. The predicted molar refractivity (Wildman–Crippen MR) is 53.1 cm³/mol. The van der Waals surface area contributed by atoms with E-state index in [1.807, 2.05) is 37.3 Å². The summed E-state index contributed by atoms with van der Waals surface area (Å²) in [7, 11) is 0. The van der Waals surface area contributed by atoms with Crippen LogP contribution in [0.1, 0.15) is 6.92 Å². The van der Waals surface area contributed by atoms with Gasteiger partial charge >= 0.3 is 81.6 Å². The molecule has 1 aromatic carbocycles. The molecule has 0 amide bonds. The Balaban J connectivity index is 2.90. The molecule has 0 saturated carbocycles. The Morgan fingerprint density at radius 2 is 2.00 bits per heavy atom. The maximum atomic E-state index is 11.8. The SMILES string of the molecule is CCO[As](=O)(Br)c1ccccc1. The molecule has 0 aliphatic carbocycles. The number of hydrogen-bond acceptors (Lipinski definition) is 2. The van der Waals surface area contributed by atoms with E-state index in [2.05, 4.69) is 13.9 Å². The van der Waals surface area contributed by atoms with Crippen molar-refractivity contribution in [2.45, 2.75) is 6.92 Å². The molecule has 1 aromatic rings. The van der Waals surface area contributed by atoms with Gasteiger partial charge in [0, 0.05) is 0 Å². The second-order valence-corrected chi connectivity index (χ2v) is 10.7. The van der Waals surface area contributed by atoms with Gasteiger partial charge in [-0.2, -0.15) is 0 Å². The van der Waals surface area contributed by atoms with Gasteiger partial charge in [-0.3, -0.25) is 0 Å². The van der Waals surface area contributed by atoms with Crippen LogP contribution in [0.4, 0.5) is 0 Å². The van der Waals surface area contributed by atoms with Crippen LogP contribution in [0.2, 0.25) is 0 Å². The van der Waals surface area contributed by atoms with Gasteiger partial charge in [-0.1, -0.05) is 0 Å². The molecule has 0 aromatic heterocycles. The summed E-state index contributed by atoms with van der Waals surface area (Å²) in [6.07, 6.45) is 0. The van der Waals surface area contributed by atoms with Crippen molar-refractivity contribution in [2.75, 3.05) is 6.61 Å². The first-order valence-corrected chi connectivity index (χ1v) is 10.5. The Morgan fingerprint density at radius 1 is 1.42 bits per heavy atom. The Morgan fingerprint density at radius 3 is 2.50 bits per heavy atom. The first kappa shape index (κ1) is 10.1. The van der Waals surface area contributed by atoms with Gasteiger partial charge in [0.25, 0.3) is 0 Å². The van der Waals surface area contributed by atoms with E-state index >= 15 is 0 Å². The van der Waals surface area contributed by atoms with Crippen molar-refractivity contribution in [3.8, 4) is 0 Å². The third-order valence-electron chi connectivity index (χ3n) is 1.36. The molecule has 0 N–H and O–H groups in total. The van der Waals surface area contributed by atoms with E-state index in [-0.39, 0.29) is 0 Å². The Hall–Kier alpha value is 0.0184. The Bertz CT molecular complexity index is 286. The summed E-state index contributed by atoms with van der Waals surface area (Å²) in [5.41, 5.74) is 0. The molecule has 0 saturated heterocycles. The average Bonchev–Trinajstić information content (AvgIpc) is 2.06. The van der Waals surface area contributed by atoms with Crippen LogP contribution >= 0.6 is 13.9 Å². The second-order valence-electron chi connectivity index (χ2n) is 2.23. The van der Waals surface area contributed by atoms with Gasteiger partial charge in [-0.15, -0.1) is 0 Å². The monoisotopic (exact) mass is 292 g/mol. The molecule has 2 nitrogen and oxygen atoms in total. The summed E-state index contributed by atoms with van der Waals surface area (Å²) in [6, 6.07) is 9.21. The second kappa shape index (κ2) is 4.31. The third-order valence-corrected chi connectivity index (χ3v) is 7.71. The van der Waals surface area contributed by atoms with Crippen molar-refractivity contribution in [3.63, 3.8) is 0 Å². The zero-order chi connectivity index (χ0) is 9.03. The van der Waals surface area contributed by atoms with Gasteiger partial charge < -0.3 is 0 Å². The topological polar surface area (TPSA) is 26.3 Å². The fourth-order valence-corrected chi connectivity index (χ4v) is 5.26. The summed E-state index contributed by atoms with van der Waals surface area (Å²) in [5, 5.41) is 0. The Labute approximate surface area is 81.5 Å². The zero-order valence-electron chi connectivity index (χ0n) is 6.74. The van der Waals surface area contributed by atoms with E-state index in [0.29, 0.717) is 6.61 Å². The van der Waals surface area contributed by atoms with Crippen LogP contribution in [0.3, 0.4) is 0 Å². The molecule has 1 rings (SSSR count). The Kier molecular flexibility index (Phi) is 3.63. The molecule has 0 aliphatic rings. The fourth-order valence-electron chi connectivity index (χ4n) is 0.847. The van der Waals surface area contributed by atoms with Crippen LogP contribution in [0.25, 0.3) is 0 Å². The molecular formula is C8H10AsBrO2. The number of benzene rings is 1. The van der Waals surface area contributed by atoms with Gasteiger partial charge in [0.1, 0.15) is 0 Å². The zero-order valence-corrected chi connectivity index (χ0v) is 10.2. The quantitative estimate of drug-likeness (QED) is 0.793. The van der Waals surface area contributed by atoms with Gasteiger partial charge in [0.05, 0.1) is 0 Å². The minimum absolute atomic E-state index is 0.469. The third kappa shape index (κ3) is 2.51. The molecule has 0 spiro atoms. The van der Waals surface area contributed by atoms with E-state index in [4.69, 9.17) is 3.73 Å². The standard InChI is InChI=1S/C8H10AsBrO2/c1-2-12-9(10,11)8-6-4-3-5-7-8/h3-7H,2H2,1H3. The van der Waals surface area contributed by atoms with Crippen molar-refractivity contribution in [2.24, 2.45) is 0 Å². The molecule has 4 heteroatoms. The molecule has 0 heterocycles. The molecule has 12 heavy (non-hydrogen) atoms. The maximum absolute atomic E-state index is 11.8. The van der Waals surface area contributed by atoms with E-state index in [0.717, 1.165) is 4.35 Å². The minimum atomic E-state index is -3.35. The average molecular weight is 293 g/mol. The van der Waals surface area contributed by atoms with Gasteiger partial charge in [0.15, 0.2) is 0 Å². The molecule has 0 bridgehead atoms. The summed E-state index contributed by atoms with van der Waals surface area (Å²) in [4.78, 5) is 0. The van der Waals surface area contributed by atoms with Gasteiger partial charge in [-0.25, -0.2) is 0 Å². The molecule has 0 radical (unpaired) electrons. The molecule has 0 aliphatic heterocycles. The molecule has 1 unspecified atom stereocenters. The van der Waals surface area contributed by atoms with Crippen molar-refractivity contribution in [1.82, 2.24) is 0 Å². The van der Waals surface area contributed by atoms with Gasteiger partial charge in [-0.05, 0) is 0 Å². The molecule has 0 fully saturated rings. The summed E-state index contributed by atoms with van der Waals surface area (Å²) >= 11 is -0.210.